The normalized spacial score (nSPS) is 10.7. The Morgan fingerprint density at radius 1 is 1.12 bits per heavy atom. The number of rotatable bonds is 6. The van der Waals surface area contributed by atoms with Gasteiger partial charge in [0.1, 0.15) is 6.54 Å². The van der Waals surface area contributed by atoms with Gasteiger partial charge in [-0.2, -0.15) is 10.2 Å². The molecular formula is C18H19N5O3. The van der Waals surface area contributed by atoms with Crippen molar-refractivity contribution in [3.8, 4) is 0 Å². The summed E-state index contributed by atoms with van der Waals surface area (Å²) in [5.74, 6) is -1.42. The molecule has 0 bridgehead atoms. The number of hydrogen-bond acceptors (Lipinski definition) is 4. The molecule has 8 nitrogen and oxygen atoms in total. The van der Waals surface area contributed by atoms with Crippen molar-refractivity contribution in [1.29, 1.82) is 0 Å². The largest absolute Gasteiger partial charge is 0.480 e. The van der Waals surface area contributed by atoms with Crippen molar-refractivity contribution in [3.63, 3.8) is 0 Å². The molecule has 3 rings (SSSR count). The first kappa shape index (κ1) is 17.4. The third-order valence-electron chi connectivity index (χ3n) is 3.97. The van der Waals surface area contributed by atoms with E-state index in [2.05, 4.69) is 15.5 Å². The molecule has 0 radical (unpaired) electrons. The minimum Gasteiger partial charge on any atom is -0.480 e. The Balaban J connectivity index is 1.76. The number of amides is 1. The summed E-state index contributed by atoms with van der Waals surface area (Å²) in [6.07, 6.45) is 1.46. The molecule has 0 unspecified atom stereocenters. The third-order valence-corrected chi connectivity index (χ3v) is 3.97. The maximum Gasteiger partial charge on any atom is 0.325 e. The molecule has 134 valence electrons. The molecule has 0 spiro atoms. The van der Waals surface area contributed by atoms with Crippen LogP contribution in [0.25, 0.3) is 0 Å². The Bertz CT molecular complexity index is 943. The molecule has 0 saturated carbocycles. The van der Waals surface area contributed by atoms with Gasteiger partial charge in [-0.25, -0.2) is 0 Å². The standard InChI is InChI=1S/C18H19N5O3/c1-12-17(13(2)23(20-12)10-14-6-4-3-5-7-14)19-18(26)15-8-9-22(21-15)11-16(24)25/h3-9H,10-11H2,1-2H3,(H,19,26)(H,24,25). The van der Waals surface area contributed by atoms with E-state index in [0.717, 1.165) is 11.3 Å². The number of aromatic nitrogens is 4. The number of benzene rings is 1. The second kappa shape index (κ2) is 7.22. The highest BCUT2D eigenvalue weighted by atomic mass is 16.4. The van der Waals surface area contributed by atoms with E-state index in [4.69, 9.17) is 5.11 Å². The lowest BCUT2D eigenvalue weighted by Crippen LogP contribution is -2.16. The maximum absolute atomic E-state index is 12.4. The highest BCUT2D eigenvalue weighted by molar-refractivity contribution is 6.03. The van der Waals surface area contributed by atoms with Crippen LogP contribution in [0.1, 0.15) is 27.4 Å². The monoisotopic (exact) mass is 353 g/mol. The van der Waals surface area contributed by atoms with Crippen molar-refractivity contribution >= 4 is 17.6 Å². The molecule has 2 aromatic heterocycles. The zero-order valence-electron chi connectivity index (χ0n) is 14.5. The fraction of sp³-hybridized carbons (Fsp3) is 0.222. The zero-order chi connectivity index (χ0) is 18.7. The van der Waals surface area contributed by atoms with Gasteiger partial charge in [0.25, 0.3) is 5.91 Å². The average molecular weight is 353 g/mol. The lowest BCUT2D eigenvalue weighted by Gasteiger charge is -2.06. The van der Waals surface area contributed by atoms with Crippen molar-refractivity contribution in [3.05, 3.63) is 65.2 Å². The number of carboxylic acids is 1. The van der Waals surface area contributed by atoms with E-state index in [9.17, 15) is 9.59 Å². The van der Waals surface area contributed by atoms with E-state index < -0.39 is 11.9 Å². The molecule has 3 aromatic rings. The summed E-state index contributed by atoms with van der Waals surface area (Å²) in [5.41, 5.74) is 3.45. The predicted octanol–water partition coefficient (Wildman–Crippen LogP) is 2.08. The molecule has 2 N–H and O–H groups in total. The van der Waals surface area contributed by atoms with Crippen LogP contribution in [0.2, 0.25) is 0 Å². The summed E-state index contributed by atoms with van der Waals surface area (Å²) in [4.78, 5) is 23.1. The highest BCUT2D eigenvalue weighted by Gasteiger charge is 2.17. The van der Waals surface area contributed by atoms with Crippen LogP contribution in [0.4, 0.5) is 5.69 Å². The molecule has 1 aromatic carbocycles. The van der Waals surface area contributed by atoms with E-state index in [0.29, 0.717) is 17.9 Å². The van der Waals surface area contributed by atoms with Crippen molar-refractivity contribution < 1.29 is 14.7 Å². The van der Waals surface area contributed by atoms with E-state index in [1.165, 1.54) is 16.9 Å². The van der Waals surface area contributed by atoms with Gasteiger partial charge < -0.3 is 10.4 Å². The molecule has 0 saturated heterocycles. The summed E-state index contributed by atoms with van der Waals surface area (Å²) in [6.45, 7) is 4.03. The van der Waals surface area contributed by atoms with Gasteiger partial charge in [-0.1, -0.05) is 30.3 Å². The van der Waals surface area contributed by atoms with Gasteiger partial charge in [0.15, 0.2) is 5.69 Å². The number of carbonyl (C=O) groups excluding carboxylic acids is 1. The molecule has 26 heavy (non-hydrogen) atoms. The van der Waals surface area contributed by atoms with Gasteiger partial charge in [-0.15, -0.1) is 0 Å². The maximum atomic E-state index is 12.4. The quantitative estimate of drug-likeness (QED) is 0.706. The van der Waals surface area contributed by atoms with Gasteiger partial charge in [-0.05, 0) is 25.5 Å². The minimum atomic E-state index is -1.02. The molecule has 0 aliphatic carbocycles. The van der Waals surface area contributed by atoms with Crippen LogP contribution in [-0.4, -0.2) is 36.5 Å². The molecule has 0 aliphatic heterocycles. The van der Waals surface area contributed by atoms with Gasteiger partial charge in [0, 0.05) is 6.20 Å². The summed E-state index contributed by atoms with van der Waals surface area (Å²) in [6, 6.07) is 11.4. The highest BCUT2D eigenvalue weighted by Crippen LogP contribution is 2.21. The summed E-state index contributed by atoms with van der Waals surface area (Å²) in [5, 5.41) is 20.1. The number of nitrogens with one attached hydrogen (secondary N) is 1. The fourth-order valence-corrected chi connectivity index (χ4v) is 2.68. The lowest BCUT2D eigenvalue weighted by atomic mass is 10.2. The summed E-state index contributed by atoms with van der Waals surface area (Å²) < 4.78 is 3.04. The number of carbonyl (C=O) groups is 2. The zero-order valence-corrected chi connectivity index (χ0v) is 14.5. The SMILES string of the molecule is Cc1nn(Cc2ccccc2)c(C)c1NC(=O)c1ccn(CC(=O)O)n1. The smallest absolute Gasteiger partial charge is 0.325 e. The topological polar surface area (TPSA) is 102 Å². The summed E-state index contributed by atoms with van der Waals surface area (Å²) >= 11 is 0. The second-order valence-electron chi connectivity index (χ2n) is 5.94. The van der Waals surface area contributed by atoms with E-state index in [1.54, 1.807) is 0 Å². The predicted molar refractivity (Wildman–Crippen MR) is 95.1 cm³/mol. The van der Waals surface area contributed by atoms with Crippen molar-refractivity contribution in [2.24, 2.45) is 0 Å². The Morgan fingerprint density at radius 2 is 1.85 bits per heavy atom. The molecule has 0 fully saturated rings. The number of nitrogens with zero attached hydrogens (tertiary/aromatic N) is 4. The number of carboxylic acid groups (broad SMARTS) is 1. The van der Waals surface area contributed by atoms with Crippen LogP contribution in [0.3, 0.4) is 0 Å². The number of hydrogen-bond donors (Lipinski definition) is 2. The van der Waals surface area contributed by atoms with Gasteiger partial charge in [-0.3, -0.25) is 19.0 Å². The molecule has 8 heteroatoms. The van der Waals surface area contributed by atoms with Crippen molar-refractivity contribution in [1.82, 2.24) is 19.6 Å². The first-order chi connectivity index (χ1) is 12.4. The fourth-order valence-electron chi connectivity index (χ4n) is 2.68. The number of anilines is 1. The molecule has 2 heterocycles. The molecule has 1 amide bonds. The van der Waals surface area contributed by atoms with Crippen molar-refractivity contribution in [2.45, 2.75) is 26.9 Å². The van der Waals surface area contributed by atoms with Crippen LogP contribution in [-0.2, 0) is 17.9 Å². The van der Waals surface area contributed by atoms with Crippen LogP contribution in [0, 0.1) is 13.8 Å². The van der Waals surface area contributed by atoms with E-state index in [-0.39, 0.29) is 12.2 Å². The van der Waals surface area contributed by atoms with Crippen LogP contribution < -0.4 is 5.32 Å². The Hall–Kier alpha value is -3.42. The second-order valence-corrected chi connectivity index (χ2v) is 5.94. The summed E-state index contributed by atoms with van der Waals surface area (Å²) in [7, 11) is 0. The van der Waals surface area contributed by atoms with Crippen LogP contribution in [0.15, 0.2) is 42.6 Å². The Morgan fingerprint density at radius 3 is 2.54 bits per heavy atom. The number of aryl methyl sites for hydroxylation is 1. The first-order valence-electron chi connectivity index (χ1n) is 8.08. The van der Waals surface area contributed by atoms with Gasteiger partial charge in [0.05, 0.1) is 23.6 Å². The van der Waals surface area contributed by atoms with Crippen LogP contribution >= 0.6 is 0 Å². The van der Waals surface area contributed by atoms with E-state index in [1.807, 2.05) is 48.9 Å². The average Bonchev–Trinajstić information content (AvgIpc) is 3.16. The third kappa shape index (κ3) is 3.80. The van der Waals surface area contributed by atoms with E-state index >= 15 is 0 Å². The first-order valence-corrected chi connectivity index (χ1v) is 8.08. The minimum absolute atomic E-state index is 0.154. The van der Waals surface area contributed by atoms with Crippen molar-refractivity contribution in [2.75, 3.05) is 5.32 Å². The molecule has 0 atom stereocenters. The Labute approximate surface area is 150 Å². The Kier molecular flexibility index (Phi) is 4.83. The van der Waals surface area contributed by atoms with Gasteiger partial charge >= 0.3 is 5.97 Å². The number of aliphatic carboxylic acids is 1. The van der Waals surface area contributed by atoms with Gasteiger partial charge in [0.2, 0.25) is 0 Å². The molecular weight excluding hydrogens is 334 g/mol. The van der Waals surface area contributed by atoms with Crippen LogP contribution in [0.5, 0.6) is 0 Å². The lowest BCUT2D eigenvalue weighted by molar-refractivity contribution is -0.137. The molecule has 0 aliphatic rings.